The van der Waals surface area contributed by atoms with Crippen LogP contribution in [0.1, 0.15) is 18.9 Å². The minimum Gasteiger partial charge on any atom is -0.327 e. The summed E-state index contributed by atoms with van der Waals surface area (Å²) in [6.45, 7) is 2.03. The first kappa shape index (κ1) is 15.4. The predicted octanol–water partition coefficient (Wildman–Crippen LogP) is 4.91. The first-order valence-corrected chi connectivity index (χ1v) is 7.76. The van der Waals surface area contributed by atoms with E-state index in [1.807, 2.05) is 37.3 Å². The zero-order valence-electron chi connectivity index (χ0n) is 11.3. The van der Waals surface area contributed by atoms with Gasteiger partial charge in [-0.15, -0.1) is 0 Å². The molecule has 0 spiro atoms. The van der Waals surface area contributed by atoms with Crippen LogP contribution in [-0.4, -0.2) is 6.04 Å². The molecule has 0 aliphatic carbocycles. The molecule has 0 saturated carbocycles. The fourth-order valence-electron chi connectivity index (χ4n) is 1.89. The van der Waals surface area contributed by atoms with E-state index in [1.165, 1.54) is 17.8 Å². The minimum absolute atomic E-state index is 0.0439. The van der Waals surface area contributed by atoms with Crippen molar-refractivity contribution >= 4 is 23.4 Å². The van der Waals surface area contributed by atoms with Gasteiger partial charge in [-0.1, -0.05) is 54.6 Å². The topological polar surface area (TPSA) is 26.0 Å². The van der Waals surface area contributed by atoms with Crippen molar-refractivity contribution in [2.75, 3.05) is 0 Å². The van der Waals surface area contributed by atoms with Crippen molar-refractivity contribution < 1.29 is 4.39 Å². The number of halogens is 2. The van der Waals surface area contributed by atoms with Crippen molar-refractivity contribution in [3.05, 3.63) is 58.9 Å². The summed E-state index contributed by atoms with van der Waals surface area (Å²) in [5, 5.41) is 0.631. The van der Waals surface area contributed by atoms with Crippen molar-refractivity contribution in [1.82, 2.24) is 0 Å². The highest BCUT2D eigenvalue weighted by Gasteiger charge is 2.13. The van der Waals surface area contributed by atoms with Crippen molar-refractivity contribution in [3.63, 3.8) is 0 Å². The van der Waals surface area contributed by atoms with Crippen molar-refractivity contribution in [2.24, 2.45) is 5.73 Å². The molecule has 0 saturated heterocycles. The Morgan fingerprint density at radius 1 is 1.20 bits per heavy atom. The highest BCUT2D eigenvalue weighted by molar-refractivity contribution is 7.99. The van der Waals surface area contributed by atoms with Gasteiger partial charge >= 0.3 is 0 Å². The molecular weight excluding hydrogens is 293 g/mol. The molecule has 20 heavy (non-hydrogen) atoms. The quantitative estimate of drug-likeness (QED) is 0.849. The van der Waals surface area contributed by atoms with E-state index >= 15 is 0 Å². The van der Waals surface area contributed by atoms with Crippen LogP contribution in [0.25, 0.3) is 0 Å². The Morgan fingerprint density at radius 2 is 1.95 bits per heavy atom. The Bertz CT molecular complexity index is 588. The zero-order chi connectivity index (χ0) is 14.5. The largest absolute Gasteiger partial charge is 0.327 e. The van der Waals surface area contributed by atoms with Crippen LogP contribution in [0.2, 0.25) is 5.02 Å². The van der Waals surface area contributed by atoms with E-state index in [-0.39, 0.29) is 11.9 Å². The fourth-order valence-corrected chi connectivity index (χ4v) is 3.12. The molecule has 0 radical (unpaired) electrons. The lowest BCUT2D eigenvalue weighted by atomic mass is 10.0. The molecule has 106 valence electrons. The van der Waals surface area contributed by atoms with Gasteiger partial charge in [-0.2, -0.15) is 0 Å². The van der Waals surface area contributed by atoms with Crippen LogP contribution in [0.3, 0.4) is 0 Å². The van der Waals surface area contributed by atoms with Gasteiger partial charge in [0.15, 0.2) is 0 Å². The zero-order valence-corrected chi connectivity index (χ0v) is 12.8. The van der Waals surface area contributed by atoms with Crippen LogP contribution in [-0.2, 0) is 6.42 Å². The molecule has 2 rings (SSSR count). The van der Waals surface area contributed by atoms with E-state index in [4.69, 9.17) is 17.3 Å². The Hall–Kier alpha value is -1.03. The molecule has 1 unspecified atom stereocenters. The maximum absolute atomic E-state index is 14.1. The summed E-state index contributed by atoms with van der Waals surface area (Å²) >= 11 is 7.50. The number of hydrogen-bond acceptors (Lipinski definition) is 2. The van der Waals surface area contributed by atoms with Crippen LogP contribution >= 0.6 is 23.4 Å². The highest BCUT2D eigenvalue weighted by Crippen LogP contribution is 2.36. The average Bonchev–Trinajstić information content (AvgIpc) is 2.44. The summed E-state index contributed by atoms with van der Waals surface area (Å²) in [5.74, 6) is -0.226. The lowest BCUT2D eigenvalue weighted by molar-refractivity contribution is 0.585. The molecule has 0 bridgehead atoms. The monoisotopic (exact) mass is 309 g/mol. The van der Waals surface area contributed by atoms with Gasteiger partial charge in [0, 0.05) is 10.9 Å². The van der Waals surface area contributed by atoms with Gasteiger partial charge in [0.05, 0.1) is 9.92 Å². The van der Waals surface area contributed by atoms with Gasteiger partial charge in [-0.3, -0.25) is 0 Å². The Morgan fingerprint density at radius 3 is 2.65 bits per heavy atom. The number of rotatable bonds is 5. The van der Waals surface area contributed by atoms with Crippen LogP contribution < -0.4 is 5.73 Å². The van der Waals surface area contributed by atoms with Gasteiger partial charge in [0.25, 0.3) is 0 Å². The van der Waals surface area contributed by atoms with Crippen LogP contribution in [0, 0.1) is 5.82 Å². The molecule has 0 aliphatic heterocycles. The van der Waals surface area contributed by atoms with Crippen molar-refractivity contribution in [2.45, 2.75) is 35.6 Å². The molecule has 0 heterocycles. The third-order valence-electron chi connectivity index (χ3n) is 3.10. The number of benzene rings is 2. The van der Waals surface area contributed by atoms with E-state index in [0.29, 0.717) is 16.3 Å². The van der Waals surface area contributed by atoms with Gasteiger partial charge in [-0.05, 0) is 36.6 Å². The summed E-state index contributed by atoms with van der Waals surface area (Å²) in [6, 6.07) is 12.6. The second-order valence-electron chi connectivity index (χ2n) is 4.63. The molecule has 4 heteroatoms. The summed E-state index contributed by atoms with van der Waals surface area (Å²) in [5.41, 5.74) is 6.92. The minimum atomic E-state index is -0.226. The Kier molecular flexibility index (Phi) is 5.46. The lowest BCUT2D eigenvalue weighted by Crippen LogP contribution is -2.21. The maximum Gasteiger partial charge on any atom is 0.137 e. The first-order chi connectivity index (χ1) is 9.61. The van der Waals surface area contributed by atoms with Gasteiger partial charge in [-0.25, -0.2) is 4.39 Å². The molecule has 2 aromatic carbocycles. The second kappa shape index (κ2) is 7.11. The standard InChI is InChI=1S/C16H17ClFNS/c1-2-12(19)10-11-6-5-8-14(18)16(11)20-15-9-4-3-7-13(15)17/h3-9,12H,2,10,19H2,1H3. The molecule has 2 N–H and O–H groups in total. The molecule has 1 nitrogen and oxygen atoms in total. The van der Waals surface area contributed by atoms with E-state index in [0.717, 1.165) is 16.9 Å². The van der Waals surface area contributed by atoms with Crippen molar-refractivity contribution in [1.29, 1.82) is 0 Å². The van der Waals surface area contributed by atoms with E-state index in [2.05, 4.69) is 0 Å². The molecule has 2 aromatic rings. The Labute approximate surface area is 128 Å². The summed E-state index contributed by atoms with van der Waals surface area (Å²) in [7, 11) is 0. The number of nitrogens with two attached hydrogens (primary N) is 1. The van der Waals surface area contributed by atoms with E-state index in [1.54, 1.807) is 6.07 Å². The molecular formula is C16H17ClFNS. The third-order valence-corrected chi connectivity index (χ3v) is 4.78. The molecule has 0 amide bonds. The first-order valence-electron chi connectivity index (χ1n) is 6.57. The van der Waals surface area contributed by atoms with Crippen LogP contribution in [0.5, 0.6) is 0 Å². The van der Waals surface area contributed by atoms with Gasteiger partial charge in [0.1, 0.15) is 5.82 Å². The molecule has 0 fully saturated rings. The van der Waals surface area contributed by atoms with Crippen LogP contribution in [0.15, 0.2) is 52.3 Å². The summed E-state index contributed by atoms with van der Waals surface area (Å²) < 4.78 is 14.1. The van der Waals surface area contributed by atoms with E-state index < -0.39 is 0 Å². The van der Waals surface area contributed by atoms with Gasteiger partial charge in [0.2, 0.25) is 0 Å². The SMILES string of the molecule is CCC(N)Cc1cccc(F)c1Sc1ccccc1Cl. The van der Waals surface area contributed by atoms with Crippen LogP contribution in [0.4, 0.5) is 4.39 Å². The highest BCUT2D eigenvalue weighted by atomic mass is 35.5. The Balaban J connectivity index is 2.33. The molecule has 1 atom stereocenters. The second-order valence-corrected chi connectivity index (χ2v) is 6.09. The number of hydrogen-bond donors (Lipinski definition) is 1. The fraction of sp³-hybridized carbons (Fsp3) is 0.250. The molecule has 0 aliphatic rings. The van der Waals surface area contributed by atoms with E-state index in [9.17, 15) is 4.39 Å². The summed E-state index contributed by atoms with van der Waals surface area (Å²) in [4.78, 5) is 1.47. The van der Waals surface area contributed by atoms with Gasteiger partial charge < -0.3 is 5.73 Å². The summed E-state index contributed by atoms with van der Waals surface area (Å²) in [6.07, 6.45) is 1.54. The maximum atomic E-state index is 14.1. The third kappa shape index (κ3) is 3.75. The lowest BCUT2D eigenvalue weighted by Gasteiger charge is -2.14. The smallest absolute Gasteiger partial charge is 0.137 e. The molecule has 0 aromatic heterocycles. The predicted molar refractivity (Wildman–Crippen MR) is 83.9 cm³/mol. The van der Waals surface area contributed by atoms with Crippen molar-refractivity contribution in [3.8, 4) is 0 Å². The normalized spacial score (nSPS) is 12.4. The average molecular weight is 310 g/mol.